The van der Waals surface area contributed by atoms with Crippen molar-refractivity contribution in [2.45, 2.75) is 16.7 Å². The van der Waals surface area contributed by atoms with Crippen LogP contribution >= 0.6 is 0 Å². The van der Waals surface area contributed by atoms with Crippen LogP contribution in [0.15, 0.2) is 70.5 Å². The molecule has 0 aliphatic rings. The van der Waals surface area contributed by atoms with Gasteiger partial charge in [-0.1, -0.05) is 42.0 Å². The average molecular weight is 376 g/mol. The first-order chi connectivity index (χ1) is 11.7. The molecule has 0 unspecified atom stereocenters. The third-order valence-electron chi connectivity index (χ3n) is 3.75. The smallest absolute Gasteiger partial charge is 0.339 e. The molecule has 25 heavy (non-hydrogen) atoms. The molecular formula is C18H16O5S2. The zero-order chi connectivity index (χ0) is 18.2. The van der Waals surface area contributed by atoms with Crippen LogP contribution in [0.1, 0.15) is 5.56 Å². The van der Waals surface area contributed by atoms with Crippen LogP contribution < -0.4 is 4.18 Å². The van der Waals surface area contributed by atoms with Gasteiger partial charge >= 0.3 is 10.1 Å². The van der Waals surface area contributed by atoms with Crippen LogP contribution in [0.4, 0.5) is 0 Å². The molecule has 3 aromatic rings. The van der Waals surface area contributed by atoms with Gasteiger partial charge in [0.05, 0.1) is 4.90 Å². The van der Waals surface area contributed by atoms with Crippen LogP contribution in [-0.4, -0.2) is 23.1 Å². The number of aryl methyl sites for hydroxylation is 1. The van der Waals surface area contributed by atoms with E-state index in [1.165, 1.54) is 24.3 Å². The van der Waals surface area contributed by atoms with Crippen LogP contribution in [0.25, 0.3) is 10.8 Å². The molecule has 3 rings (SSSR count). The fraction of sp³-hybridized carbons (Fsp3) is 0.111. The summed E-state index contributed by atoms with van der Waals surface area (Å²) in [7, 11) is -7.47. The van der Waals surface area contributed by atoms with E-state index in [0.717, 1.165) is 11.8 Å². The summed E-state index contributed by atoms with van der Waals surface area (Å²) >= 11 is 0. The molecule has 130 valence electrons. The lowest BCUT2D eigenvalue weighted by atomic mass is 10.1. The van der Waals surface area contributed by atoms with Gasteiger partial charge in [0.15, 0.2) is 15.6 Å². The summed E-state index contributed by atoms with van der Waals surface area (Å²) in [5.41, 5.74) is 0.932. The Morgan fingerprint density at radius 1 is 0.760 bits per heavy atom. The highest BCUT2D eigenvalue weighted by atomic mass is 32.2. The number of hydrogen-bond donors (Lipinski definition) is 0. The van der Waals surface area contributed by atoms with E-state index < -0.39 is 20.0 Å². The zero-order valence-electron chi connectivity index (χ0n) is 13.6. The first-order valence-corrected chi connectivity index (χ1v) is 10.7. The van der Waals surface area contributed by atoms with Crippen LogP contribution in [0, 0.1) is 6.92 Å². The van der Waals surface area contributed by atoms with E-state index in [2.05, 4.69) is 0 Å². The Bertz CT molecular complexity index is 1150. The summed E-state index contributed by atoms with van der Waals surface area (Å²) in [6, 6.07) is 15.7. The Kier molecular flexibility index (Phi) is 4.30. The summed E-state index contributed by atoms with van der Waals surface area (Å²) in [6.07, 6.45) is 1.11. The molecule has 7 heteroatoms. The number of fused-ring (bicyclic) bond motifs is 1. The van der Waals surface area contributed by atoms with Crippen molar-refractivity contribution in [3.05, 3.63) is 66.2 Å². The molecule has 0 aliphatic heterocycles. The normalized spacial score (nSPS) is 12.2. The topological polar surface area (TPSA) is 77.5 Å². The minimum absolute atomic E-state index is 0.0365. The fourth-order valence-corrected chi connectivity index (χ4v) is 4.35. The van der Waals surface area contributed by atoms with Gasteiger partial charge in [0, 0.05) is 17.0 Å². The van der Waals surface area contributed by atoms with Crippen molar-refractivity contribution in [2.24, 2.45) is 0 Å². The summed E-state index contributed by atoms with van der Waals surface area (Å²) in [5, 5.41) is 0.836. The number of rotatable bonds is 4. The molecule has 0 atom stereocenters. The molecule has 0 aromatic heterocycles. The number of sulfone groups is 1. The maximum atomic E-state index is 12.5. The van der Waals surface area contributed by atoms with E-state index in [9.17, 15) is 16.8 Å². The highest BCUT2D eigenvalue weighted by molar-refractivity contribution is 7.91. The Morgan fingerprint density at radius 2 is 1.36 bits per heavy atom. The molecule has 5 nitrogen and oxygen atoms in total. The molecule has 0 saturated carbocycles. The van der Waals surface area contributed by atoms with E-state index in [1.54, 1.807) is 36.4 Å². The summed E-state index contributed by atoms with van der Waals surface area (Å²) < 4.78 is 54.2. The molecule has 3 aromatic carbocycles. The monoisotopic (exact) mass is 376 g/mol. The average Bonchev–Trinajstić information content (AvgIpc) is 2.54. The summed E-state index contributed by atoms with van der Waals surface area (Å²) in [6.45, 7) is 1.86. The number of hydrogen-bond acceptors (Lipinski definition) is 5. The van der Waals surface area contributed by atoms with Gasteiger partial charge in [0.25, 0.3) is 0 Å². The molecule has 0 aliphatic carbocycles. The minimum atomic E-state index is -4.02. The van der Waals surface area contributed by atoms with E-state index in [-0.39, 0.29) is 15.5 Å². The second-order valence-corrected chi connectivity index (χ2v) is 9.26. The van der Waals surface area contributed by atoms with Crippen LogP contribution in [0.2, 0.25) is 0 Å². The SMILES string of the molecule is Cc1ccc(S(=O)(=O)Oc2ccc(S(C)(=O)=O)c3ccccc23)cc1. The van der Waals surface area contributed by atoms with Crippen LogP contribution in [0.5, 0.6) is 5.75 Å². The maximum absolute atomic E-state index is 12.5. The lowest BCUT2D eigenvalue weighted by Gasteiger charge is -2.12. The Labute approximate surface area is 146 Å². The molecule has 0 fully saturated rings. The van der Waals surface area contributed by atoms with Crippen molar-refractivity contribution in [1.82, 2.24) is 0 Å². The van der Waals surface area contributed by atoms with Crippen molar-refractivity contribution in [3.63, 3.8) is 0 Å². The third kappa shape index (κ3) is 3.52. The largest absolute Gasteiger partial charge is 0.378 e. The lowest BCUT2D eigenvalue weighted by molar-refractivity contribution is 0.488. The van der Waals surface area contributed by atoms with E-state index in [4.69, 9.17) is 4.18 Å². The van der Waals surface area contributed by atoms with Crippen LogP contribution in [-0.2, 0) is 20.0 Å². The molecule has 0 spiro atoms. The fourth-order valence-electron chi connectivity index (χ4n) is 2.51. The maximum Gasteiger partial charge on any atom is 0.339 e. The van der Waals surface area contributed by atoms with Gasteiger partial charge in [0.2, 0.25) is 0 Å². The predicted molar refractivity (Wildman–Crippen MR) is 96.1 cm³/mol. The lowest BCUT2D eigenvalue weighted by Crippen LogP contribution is -2.10. The second-order valence-electron chi connectivity index (χ2n) is 5.73. The van der Waals surface area contributed by atoms with Crippen molar-refractivity contribution in [2.75, 3.05) is 6.26 Å². The Hall–Kier alpha value is -2.38. The van der Waals surface area contributed by atoms with Gasteiger partial charge in [-0.3, -0.25) is 0 Å². The molecule has 0 N–H and O–H groups in total. The van der Waals surface area contributed by atoms with Gasteiger partial charge in [0.1, 0.15) is 4.90 Å². The first kappa shape index (κ1) is 17.4. The number of benzene rings is 3. The zero-order valence-corrected chi connectivity index (χ0v) is 15.3. The van der Waals surface area contributed by atoms with Crippen LogP contribution in [0.3, 0.4) is 0 Å². The highest BCUT2D eigenvalue weighted by Gasteiger charge is 2.20. The molecule has 0 amide bonds. The Morgan fingerprint density at radius 3 is 1.96 bits per heavy atom. The van der Waals surface area contributed by atoms with E-state index in [0.29, 0.717) is 10.8 Å². The summed E-state index contributed by atoms with van der Waals surface area (Å²) in [5.74, 6) is 0.0866. The quantitative estimate of drug-likeness (QED) is 0.653. The molecule has 0 bridgehead atoms. The summed E-state index contributed by atoms with van der Waals surface area (Å²) in [4.78, 5) is 0.164. The van der Waals surface area contributed by atoms with Gasteiger partial charge < -0.3 is 4.18 Å². The van der Waals surface area contributed by atoms with E-state index >= 15 is 0 Å². The van der Waals surface area contributed by atoms with Gasteiger partial charge in [-0.2, -0.15) is 8.42 Å². The molecule has 0 saturated heterocycles. The van der Waals surface area contributed by atoms with E-state index in [1.807, 2.05) is 6.92 Å². The molecular weight excluding hydrogens is 360 g/mol. The Balaban J connectivity index is 2.13. The third-order valence-corrected chi connectivity index (χ3v) is 6.16. The predicted octanol–water partition coefficient (Wildman–Crippen LogP) is 3.32. The van der Waals surface area contributed by atoms with Gasteiger partial charge in [-0.25, -0.2) is 8.42 Å². The second kappa shape index (κ2) is 6.16. The van der Waals surface area contributed by atoms with Crippen molar-refractivity contribution in [3.8, 4) is 5.75 Å². The van der Waals surface area contributed by atoms with Crippen molar-refractivity contribution in [1.29, 1.82) is 0 Å². The standard InChI is InChI=1S/C18H16O5S2/c1-13-7-9-14(10-8-13)25(21,22)23-17-11-12-18(24(2,19)20)16-6-4-3-5-15(16)17/h3-12H,1-2H3. The van der Waals surface area contributed by atoms with Gasteiger partial charge in [-0.05, 0) is 31.2 Å². The minimum Gasteiger partial charge on any atom is -0.378 e. The first-order valence-electron chi connectivity index (χ1n) is 7.41. The van der Waals surface area contributed by atoms with Crippen molar-refractivity contribution >= 4 is 30.7 Å². The molecule has 0 heterocycles. The van der Waals surface area contributed by atoms with Gasteiger partial charge in [-0.15, -0.1) is 0 Å². The highest BCUT2D eigenvalue weighted by Crippen LogP contribution is 2.32. The van der Waals surface area contributed by atoms with Crippen molar-refractivity contribution < 1.29 is 21.0 Å². The molecule has 0 radical (unpaired) electrons.